The van der Waals surface area contributed by atoms with Crippen LogP contribution < -0.4 is 5.32 Å². The first kappa shape index (κ1) is 17.6. The second kappa shape index (κ2) is 7.44. The first-order chi connectivity index (χ1) is 13.2. The molecular weight excluding hydrogens is 342 g/mol. The van der Waals surface area contributed by atoms with Gasteiger partial charge in [0.25, 0.3) is 5.78 Å². The lowest BCUT2D eigenvalue weighted by molar-refractivity contribution is -0.119. The van der Waals surface area contributed by atoms with Crippen molar-refractivity contribution in [3.63, 3.8) is 0 Å². The predicted octanol–water partition coefficient (Wildman–Crippen LogP) is 2.89. The summed E-state index contributed by atoms with van der Waals surface area (Å²) < 4.78 is 7.01. The van der Waals surface area contributed by atoms with Gasteiger partial charge in [0.05, 0.1) is 35.8 Å². The summed E-state index contributed by atoms with van der Waals surface area (Å²) in [4.78, 5) is 21.4. The summed E-state index contributed by atoms with van der Waals surface area (Å²) in [5.41, 5.74) is 4.55. The van der Waals surface area contributed by atoms with Crippen LogP contribution in [0.3, 0.4) is 0 Å². The molecule has 3 heterocycles. The third-order valence-corrected chi connectivity index (χ3v) is 4.88. The molecule has 7 nitrogen and oxygen atoms in total. The molecule has 7 heteroatoms. The van der Waals surface area contributed by atoms with Crippen molar-refractivity contribution in [2.45, 2.75) is 33.1 Å². The molecule has 4 rings (SSSR count). The van der Waals surface area contributed by atoms with E-state index in [1.807, 2.05) is 30.5 Å². The van der Waals surface area contributed by atoms with E-state index in [0.29, 0.717) is 19.0 Å². The van der Waals surface area contributed by atoms with Crippen LogP contribution in [-0.2, 0) is 22.4 Å². The standard InChI is InChI=1S/C20H23N5O2/c1-3-16-17(4-2)24-25-11-18(23-20(25)22-16)13-5-7-15(8-6-13)21-19(26)14-9-10-27-12-14/h5-8,11,14H,3-4,9-10,12H2,1-2H3,(H,21,26)/t14-/m0/s1. The normalized spacial score (nSPS) is 16.7. The number of anilines is 1. The Labute approximate surface area is 157 Å². The summed E-state index contributed by atoms with van der Waals surface area (Å²) in [6.07, 6.45) is 4.37. The summed E-state index contributed by atoms with van der Waals surface area (Å²) in [5, 5.41) is 7.58. The molecule has 27 heavy (non-hydrogen) atoms. The molecule has 0 radical (unpaired) electrons. The number of ether oxygens (including phenoxy) is 1. The number of hydrogen-bond acceptors (Lipinski definition) is 5. The number of imidazole rings is 1. The molecule has 2 aromatic heterocycles. The topological polar surface area (TPSA) is 81.4 Å². The van der Waals surface area contributed by atoms with Crippen molar-refractivity contribution < 1.29 is 9.53 Å². The third kappa shape index (κ3) is 3.55. The van der Waals surface area contributed by atoms with Gasteiger partial charge in [-0.15, -0.1) is 0 Å². The molecule has 1 aliphatic rings. The highest BCUT2D eigenvalue weighted by Gasteiger charge is 2.23. The Kier molecular flexibility index (Phi) is 4.85. The van der Waals surface area contributed by atoms with Crippen molar-refractivity contribution in [3.8, 4) is 11.3 Å². The van der Waals surface area contributed by atoms with E-state index >= 15 is 0 Å². The van der Waals surface area contributed by atoms with Gasteiger partial charge in [0.15, 0.2) is 0 Å². The highest BCUT2D eigenvalue weighted by Crippen LogP contribution is 2.22. The van der Waals surface area contributed by atoms with Gasteiger partial charge in [0.1, 0.15) is 0 Å². The van der Waals surface area contributed by atoms with Crippen LogP contribution in [0.2, 0.25) is 0 Å². The lowest BCUT2D eigenvalue weighted by Crippen LogP contribution is -2.22. The quantitative estimate of drug-likeness (QED) is 0.752. The van der Waals surface area contributed by atoms with Gasteiger partial charge in [-0.05, 0) is 31.4 Å². The van der Waals surface area contributed by atoms with Gasteiger partial charge in [-0.2, -0.15) is 5.10 Å². The molecule has 0 spiro atoms. The molecular formula is C20H23N5O2. The Morgan fingerprint density at radius 3 is 2.63 bits per heavy atom. The number of aryl methyl sites for hydroxylation is 2. The molecule has 1 amide bonds. The summed E-state index contributed by atoms with van der Waals surface area (Å²) in [6.45, 7) is 5.32. The number of benzene rings is 1. The van der Waals surface area contributed by atoms with E-state index in [4.69, 9.17) is 4.74 Å². The fourth-order valence-corrected chi connectivity index (χ4v) is 3.29. The molecule has 3 aromatic rings. The minimum Gasteiger partial charge on any atom is -0.381 e. The number of amides is 1. The molecule has 1 aromatic carbocycles. The summed E-state index contributed by atoms with van der Waals surface area (Å²) in [7, 11) is 0. The van der Waals surface area contributed by atoms with Crippen LogP contribution in [0, 0.1) is 5.92 Å². The van der Waals surface area contributed by atoms with Gasteiger partial charge in [-0.1, -0.05) is 26.0 Å². The van der Waals surface area contributed by atoms with Crippen LogP contribution >= 0.6 is 0 Å². The van der Waals surface area contributed by atoms with Crippen molar-refractivity contribution in [1.29, 1.82) is 0 Å². The van der Waals surface area contributed by atoms with Crippen LogP contribution in [0.1, 0.15) is 31.7 Å². The fourth-order valence-electron chi connectivity index (χ4n) is 3.29. The molecule has 1 fully saturated rings. The monoisotopic (exact) mass is 365 g/mol. The zero-order chi connectivity index (χ0) is 18.8. The van der Waals surface area contributed by atoms with Crippen LogP contribution in [0.4, 0.5) is 5.69 Å². The third-order valence-electron chi connectivity index (χ3n) is 4.88. The van der Waals surface area contributed by atoms with E-state index in [1.165, 1.54) is 0 Å². The zero-order valence-electron chi connectivity index (χ0n) is 15.6. The number of hydrogen-bond donors (Lipinski definition) is 1. The van der Waals surface area contributed by atoms with E-state index < -0.39 is 0 Å². The van der Waals surface area contributed by atoms with E-state index in [-0.39, 0.29) is 11.8 Å². The van der Waals surface area contributed by atoms with Crippen molar-refractivity contribution >= 4 is 17.4 Å². The Bertz CT molecular complexity index is 917. The molecule has 1 N–H and O–H groups in total. The number of fused-ring (bicyclic) bond motifs is 1. The van der Waals surface area contributed by atoms with Gasteiger partial charge in [0, 0.05) is 17.9 Å². The van der Waals surface area contributed by atoms with Gasteiger partial charge in [-0.3, -0.25) is 4.79 Å². The number of nitrogens with zero attached hydrogens (tertiary/aromatic N) is 4. The molecule has 140 valence electrons. The largest absolute Gasteiger partial charge is 0.381 e. The number of aromatic nitrogens is 4. The minimum absolute atomic E-state index is 0.0144. The second-order valence-electron chi connectivity index (χ2n) is 6.71. The smallest absolute Gasteiger partial charge is 0.251 e. The summed E-state index contributed by atoms with van der Waals surface area (Å²) >= 11 is 0. The Morgan fingerprint density at radius 2 is 1.96 bits per heavy atom. The average molecular weight is 365 g/mol. The highest BCUT2D eigenvalue weighted by atomic mass is 16.5. The lowest BCUT2D eigenvalue weighted by Gasteiger charge is -2.09. The molecule has 1 atom stereocenters. The maximum atomic E-state index is 12.2. The highest BCUT2D eigenvalue weighted by molar-refractivity contribution is 5.93. The molecule has 1 saturated heterocycles. The Morgan fingerprint density at radius 1 is 1.19 bits per heavy atom. The lowest BCUT2D eigenvalue weighted by atomic mass is 10.1. The Balaban J connectivity index is 1.55. The van der Waals surface area contributed by atoms with E-state index in [2.05, 4.69) is 34.2 Å². The van der Waals surface area contributed by atoms with E-state index in [1.54, 1.807) is 4.52 Å². The van der Waals surface area contributed by atoms with Gasteiger partial charge in [-0.25, -0.2) is 14.5 Å². The van der Waals surface area contributed by atoms with Gasteiger partial charge in [0.2, 0.25) is 5.91 Å². The molecule has 0 bridgehead atoms. The maximum absolute atomic E-state index is 12.2. The maximum Gasteiger partial charge on any atom is 0.251 e. The zero-order valence-corrected chi connectivity index (χ0v) is 15.6. The average Bonchev–Trinajstić information content (AvgIpc) is 3.37. The van der Waals surface area contributed by atoms with Gasteiger partial charge < -0.3 is 10.1 Å². The van der Waals surface area contributed by atoms with Crippen LogP contribution in [0.15, 0.2) is 30.5 Å². The summed E-state index contributed by atoms with van der Waals surface area (Å²) in [5.74, 6) is 0.569. The molecule has 0 aliphatic carbocycles. The predicted molar refractivity (Wildman–Crippen MR) is 103 cm³/mol. The summed E-state index contributed by atoms with van der Waals surface area (Å²) in [6, 6.07) is 7.68. The first-order valence-electron chi connectivity index (χ1n) is 9.42. The Hall–Kier alpha value is -2.80. The van der Waals surface area contributed by atoms with Crippen molar-refractivity contribution in [2.24, 2.45) is 5.92 Å². The molecule has 1 aliphatic heterocycles. The van der Waals surface area contributed by atoms with Crippen LogP contribution in [0.25, 0.3) is 17.0 Å². The minimum atomic E-state index is -0.0548. The van der Waals surface area contributed by atoms with Crippen molar-refractivity contribution in [1.82, 2.24) is 19.6 Å². The van der Waals surface area contributed by atoms with Crippen LogP contribution in [-0.4, -0.2) is 38.7 Å². The number of rotatable bonds is 5. The number of carbonyl (C=O) groups is 1. The second-order valence-corrected chi connectivity index (χ2v) is 6.71. The van der Waals surface area contributed by atoms with E-state index in [9.17, 15) is 4.79 Å². The molecule has 0 saturated carbocycles. The van der Waals surface area contributed by atoms with Crippen LogP contribution in [0.5, 0.6) is 0 Å². The van der Waals surface area contributed by atoms with Gasteiger partial charge >= 0.3 is 0 Å². The number of carbonyl (C=O) groups excluding carboxylic acids is 1. The van der Waals surface area contributed by atoms with Crippen molar-refractivity contribution in [3.05, 3.63) is 41.9 Å². The molecule has 0 unspecified atom stereocenters. The first-order valence-corrected chi connectivity index (χ1v) is 9.42. The number of nitrogens with one attached hydrogen (secondary N) is 1. The van der Waals surface area contributed by atoms with Crippen molar-refractivity contribution in [2.75, 3.05) is 18.5 Å². The SMILES string of the molecule is CCc1nc2nc(-c3ccc(NC(=O)[C@H]4CCOC4)cc3)cn2nc1CC. The fraction of sp³-hybridized carbons (Fsp3) is 0.400. The van der Waals surface area contributed by atoms with E-state index in [0.717, 1.165) is 47.6 Å².